The van der Waals surface area contributed by atoms with Gasteiger partial charge in [-0.3, -0.25) is 0 Å². The van der Waals surface area contributed by atoms with Crippen LogP contribution in [-0.4, -0.2) is 0 Å². The van der Waals surface area contributed by atoms with Crippen molar-refractivity contribution in [1.82, 2.24) is 0 Å². The summed E-state index contributed by atoms with van der Waals surface area (Å²) in [7, 11) is 0. The highest BCUT2D eigenvalue weighted by atomic mass is 14.2. The molecule has 0 bridgehead atoms. The van der Waals surface area contributed by atoms with E-state index in [1.54, 1.807) is 32.1 Å². The average molecular weight is 250 g/mol. The molecule has 0 N–H and O–H groups in total. The highest BCUT2D eigenvalue weighted by Gasteiger charge is 2.18. The minimum Gasteiger partial charge on any atom is -0.0533 e. The molecule has 0 heteroatoms. The van der Waals surface area contributed by atoms with Gasteiger partial charge in [-0.2, -0.15) is 0 Å². The molecule has 2 aliphatic carbocycles. The molecule has 2 saturated carbocycles. The van der Waals surface area contributed by atoms with Crippen molar-refractivity contribution in [3.8, 4) is 0 Å². The van der Waals surface area contributed by atoms with Crippen molar-refractivity contribution in [3.63, 3.8) is 0 Å². The molecule has 2 aliphatic rings. The lowest BCUT2D eigenvalue weighted by Crippen LogP contribution is -2.10. The Balaban J connectivity index is 1.73. The van der Waals surface area contributed by atoms with Gasteiger partial charge in [-0.05, 0) is 18.3 Å². The third kappa shape index (κ3) is 5.76. The summed E-state index contributed by atoms with van der Waals surface area (Å²) in [6.45, 7) is 0. The number of hydrogen-bond donors (Lipinski definition) is 0. The SMILES string of the molecule is C1CCCCC(CC2CCCCCC2)CCCC1. The Morgan fingerprint density at radius 1 is 0.389 bits per heavy atom. The smallest absolute Gasteiger partial charge is 0.0412 e. The van der Waals surface area contributed by atoms with Crippen molar-refractivity contribution in [3.05, 3.63) is 0 Å². The van der Waals surface area contributed by atoms with Gasteiger partial charge in [0.15, 0.2) is 0 Å². The Kier molecular flexibility index (Phi) is 7.20. The Bertz CT molecular complexity index is 178. The zero-order chi connectivity index (χ0) is 12.5. The van der Waals surface area contributed by atoms with Crippen LogP contribution in [0.2, 0.25) is 0 Å². The van der Waals surface area contributed by atoms with Crippen molar-refractivity contribution >= 4 is 0 Å². The van der Waals surface area contributed by atoms with Gasteiger partial charge in [-0.15, -0.1) is 0 Å². The summed E-state index contributed by atoms with van der Waals surface area (Å²) in [5, 5.41) is 0. The van der Waals surface area contributed by atoms with Crippen LogP contribution in [0.1, 0.15) is 103 Å². The van der Waals surface area contributed by atoms with Crippen LogP contribution in [-0.2, 0) is 0 Å². The second kappa shape index (κ2) is 8.99. The maximum absolute atomic E-state index is 1.58. The van der Waals surface area contributed by atoms with E-state index in [4.69, 9.17) is 0 Å². The number of hydrogen-bond acceptors (Lipinski definition) is 0. The Morgan fingerprint density at radius 3 is 1.00 bits per heavy atom. The molecule has 0 atom stereocenters. The van der Waals surface area contributed by atoms with Crippen molar-refractivity contribution in [2.75, 3.05) is 0 Å². The lowest BCUT2D eigenvalue weighted by atomic mass is 9.83. The molecule has 0 radical (unpaired) electrons. The molecule has 0 heterocycles. The first-order chi connectivity index (χ1) is 8.95. The van der Waals surface area contributed by atoms with Crippen LogP contribution in [0.4, 0.5) is 0 Å². The second-order valence-corrected chi connectivity index (χ2v) is 7.01. The van der Waals surface area contributed by atoms with E-state index in [9.17, 15) is 0 Å². The van der Waals surface area contributed by atoms with Crippen LogP contribution in [0.3, 0.4) is 0 Å². The van der Waals surface area contributed by atoms with E-state index in [2.05, 4.69) is 0 Å². The molecule has 18 heavy (non-hydrogen) atoms. The van der Waals surface area contributed by atoms with Crippen molar-refractivity contribution in [1.29, 1.82) is 0 Å². The van der Waals surface area contributed by atoms with Crippen LogP contribution >= 0.6 is 0 Å². The predicted molar refractivity (Wildman–Crippen MR) is 80.9 cm³/mol. The first-order valence-corrected chi connectivity index (χ1v) is 8.95. The molecule has 2 fully saturated rings. The van der Waals surface area contributed by atoms with E-state index in [-0.39, 0.29) is 0 Å². The summed E-state index contributed by atoms with van der Waals surface area (Å²) in [5.74, 6) is 2.19. The Labute approximate surface area is 115 Å². The maximum atomic E-state index is 1.58. The molecular formula is C18H34. The summed E-state index contributed by atoms with van der Waals surface area (Å²) in [4.78, 5) is 0. The molecule has 0 saturated heterocycles. The van der Waals surface area contributed by atoms with Crippen molar-refractivity contribution in [2.24, 2.45) is 11.8 Å². The zero-order valence-corrected chi connectivity index (χ0v) is 12.5. The molecule has 0 nitrogen and oxygen atoms in total. The maximum Gasteiger partial charge on any atom is -0.0412 e. The fraction of sp³-hybridized carbons (Fsp3) is 1.00. The van der Waals surface area contributed by atoms with Crippen LogP contribution in [0.15, 0.2) is 0 Å². The fourth-order valence-corrected chi connectivity index (χ4v) is 4.20. The van der Waals surface area contributed by atoms with E-state index in [1.165, 1.54) is 70.6 Å². The van der Waals surface area contributed by atoms with E-state index >= 15 is 0 Å². The zero-order valence-electron chi connectivity index (χ0n) is 12.5. The van der Waals surface area contributed by atoms with Crippen LogP contribution in [0.5, 0.6) is 0 Å². The molecule has 0 unspecified atom stereocenters. The van der Waals surface area contributed by atoms with Gasteiger partial charge in [0.1, 0.15) is 0 Å². The van der Waals surface area contributed by atoms with E-state index < -0.39 is 0 Å². The molecule has 0 aromatic carbocycles. The topological polar surface area (TPSA) is 0 Å². The lowest BCUT2D eigenvalue weighted by Gasteiger charge is -2.23. The molecule has 0 spiro atoms. The molecule has 106 valence electrons. The largest absolute Gasteiger partial charge is 0.0533 e. The van der Waals surface area contributed by atoms with Crippen LogP contribution in [0.25, 0.3) is 0 Å². The van der Waals surface area contributed by atoms with Gasteiger partial charge in [0.25, 0.3) is 0 Å². The van der Waals surface area contributed by atoms with E-state index in [0.717, 1.165) is 11.8 Å². The van der Waals surface area contributed by atoms with Gasteiger partial charge >= 0.3 is 0 Å². The van der Waals surface area contributed by atoms with E-state index in [1.807, 2.05) is 0 Å². The Hall–Kier alpha value is 0. The summed E-state index contributed by atoms with van der Waals surface area (Å²) in [6.07, 6.45) is 24.5. The average Bonchev–Trinajstić information content (AvgIpc) is 2.66. The summed E-state index contributed by atoms with van der Waals surface area (Å²) in [6, 6.07) is 0. The minimum atomic E-state index is 1.09. The molecular weight excluding hydrogens is 216 g/mol. The lowest BCUT2D eigenvalue weighted by molar-refractivity contribution is 0.292. The summed E-state index contributed by atoms with van der Waals surface area (Å²) in [5.41, 5.74) is 0. The van der Waals surface area contributed by atoms with Crippen molar-refractivity contribution < 1.29 is 0 Å². The van der Waals surface area contributed by atoms with Crippen LogP contribution in [0, 0.1) is 11.8 Å². The molecule has 2 rings (SSSR count). The van der Waals surface area contributed by atoms with Gasteiger partial charge in [-0.1, -0.05) is 96.3 Å². The predicted octanol–water partition coefficient (Wildman–Crippen LogP) is 6.49. The molecule has 0 amide bonds. The Morgan fingerprint density at radius 2 is 0.667 bits per heavy atom. The van der Waals surface area contributed by atoms with Gasteiger partial charge < -0.3 is 0 Å². The molecule has 0 aromatic heterocycles. The highest BCUT2D eigenvalue weighted by Crippen LogP contribution is 2.33. The quantitative estimate of drug-likeness (QED) is 0.491. The second-order valence-electron chi connectivity index (χ2n) is 7.01. The standard InChI is InChI=1S/C18H34/c1-2-4-8-12-17(13-9-5-3-1)16-18-14-10-6-7-11-15-18/h17-18H,1-16H2. The third-order valence-electron chi connectivity index (χ3n) is 5.37. The van der Waals surface area contributed by atoms with Crippen LogP contribution < -0.4 is 0 Å². The fourth-order valence-electron chi connectivity index (χ4n) is 4.20. The third-order valence-corrected chi connectivity index (χ3v) is 5.37. The van der Waals surface area contributed by atoms with E-state index in [0.29, 0.717) is 0 Å². The van der Waals surface area contributed by atoms with Gasteiger partial charge in [0.2, 0.25) is 0 Å². The minimum absolute atomic E-state index is 1.09. The number of rotatable bonds is 2. The van der Waals surface area contributed by atoms with Gasteiger partial charge in [0, 0.05) is 0 Å². The van der Waals surface area contributed by atoms with Gasteiger partial charge in [0.05, 0.1) is 0 Å². The summed E-state index contributed by atoms with van der Waals surface area (Å²) >= 11 is 0. The monoisotopic (exact) mass is 250 g/mol. The molecule has 0 aliphatic heterocycles. The van der Waals surface area contributed by atoms with Gasteiger partial charge in [-0.25, -0.2) is 0 Å². The first kappa shape index (κ1) is 14.4. The molecule has 0 aromatic rings. The normalized spacial score (nSPS) is 26.7. The summed E-state index contributed by atoms with van der Waals surface area (Å²) < 4.78 is 0. The first-order valence-electron chi connectivity index (χ1n) is 8.95. The highest BCUT2D eigenvalue weighted by molar-refractivity contribution is 4.71. The van der Waals surface area contributed by atoms with Crippen molar-refractivity contribution in [2.45, 2.75) is 103 Å².